The third-order valence-electron chi connectivity index (χ3n) is 3.25. The van der Waals surface area contributed by atoms with Crippen LogP contribution in [0.15, 0.2) is 42.5 Å². The van der Waals surface area contributed by atoms with E-state index < -0.39 is 0 Å². The normalized spacial score (nSPS) is 10.8. The van der Waals surface area contributed by atoms with Crippen LogP contribution in [0.2, 0.25) is 0 Å². The van der Waals surface area contributed by atoms with Crippen molar-refractivity contribution in [2.75, 3.05) is 7.11 Å². The van der Waals surface area contributed by atoms with Crippen LogP contribution in [0.25, 0.3) is 5.65 Å². The van der Waals surface area contributed by atoms with Crippen LogP contribution >= 0.6 is 12.2 Å². The molecule has 2 aromatic heterocycles. The molecule has 0 unspecified atom stereocenters. The zero-order chi connectivity index (χ0) is 15.0. The summed E-state index contributed by atoms with van der Waals surface area (Å²) in [6.45, 7) is 1.90. The number of hydrogen-bond acceptors (Lipinski definition) is 4. The monoisotopic (exact) mass is 299 g/mol. The van der Waals surface area contributed by atoms with E-state index in [-0.39, 0.29) is 10.7 Å². The van der Waals surface area contributed by atoms with E-state index in [0.717, 1.165) is 5.69 Å². The van der Waals surface area contributed by atoms with Crippen molar-refractivity contribution in [2.45, 2.75) is 6.92 Å². The lowest BCUT2D eigenvalue weighted by Crippen LogP contribution is -2.18. The molecule has 0 N–H and O–H groups in total. The maximum Gasteiger partial charge on any atom is 0.279 e. The van der Waals surface area contributed by atoms with E-state index in [1.165, 1.54) is 4.68 Å². The minimum Gasteiger partial charge on any atom is -0.497 e. The molecule has 2 heterocycles. The molecule has 0 saturated heterocycles. The van der Waals surface area contributed by atoms with Crippen LogP contribution in [0.5, 0.6) is 5.75 Å². The van der Waals surface area contributed by atoms with Crippen molar-refractivity contribution in [2.24, 2.45) is 0 Å². The standard InChI is InChI=1S/C15H13N3O2S/c1-10-4-3-5-13-16-15(21)18(17(10)13)14(19)11-6-8-12(20-2)9-7-11/h3-9H,1-2H3. The molecule has 0 amide bonds. The summed E-state index contributed by atoms with van der Waals surface area (Å²) in [5, 5.41) is 0. The van der Waals surface area contributed by atoms with E-state index in [2.05, 4.69) is 4.98 Å². The van der Waals surface area contributed by atoms with Gasteiger partial charge in [-0.1, -0.05) is 6.07 Å². The summed E-state index contributed by atoms with van der Waals surface area (Å²) >= 11 is 5.22. The fraction of sp³-hybridized carbons (Fsp3) is 0.133. The van der Waals surface area contributed by atoms with Crippen LogP contribution in [0, 0.1) is 11.7 Å². The Bertz CT molecular complexity index is 878. The Labute approximate surface area is 126 Å². The van der Waals surface area contributed by atoms with Crippen molar-refractivity contribution in [3.05, 3.63) is 58.5 Å². The Morgan fingerprint density at radius 2 is 1.90 bits per heavy atom. The number of rotatable bonds is 2. The van der Waals surface area contributed by atoms with Crippen molar-refractivity contribution < 1.29 is 9.53 Å². The molecule has 0 saturated carbocycles. The maximum atomic E-state index is 12.7. The summed E-state index contributed by atoms with van der Waals surface area (Å²) in [5.41, 5.74) is 2.07. The molecule has 0 atom stereocenters. The highest BCUT2D eigenvalue weighted by atomic mass is 32.1. The number of benzene rings is 1. The summed E-state index contributed by atoms with van der Waals surface area (Å²) in [6.07, 6.45) is 0. The summed E-state index contributed by atoms with van der Waals surface area (Å²) in [6, 6.07) is 12.5. The van der Waals surface area contributed by atoms with Gasteiger partial charge in [0.2, 0.25) is 4.77 Å². The highest BCUT2D eigenvalue weighted by Crippen LogP contribution is 2.14. The SMILES string of the molecule is COc1ccc(C(=O)n2c(=S)nc3cccc(C)n32)cc1. The lowest BCUT2D eigenvalue weighted by Gasteiger charge is -2.08. The van der Waals surface area contributed by atoms with Gasteiger partial charge in [0.25, 0.3) is 5.91 Å². The van der Waals surface area contributed by atoms with Gasteiger partial charge >= 0.3 is 0 Å². The summed E-state index contributed by atoms with van der Waals surface area (Å²) < 4.78 is 8.46. The van der Waals surface area contributed by atoms with E-state index >= 15 is 0 Å². The molecule has 0 fully saturated rings. The number of ether oxygens (including phenoxy) is 1. The average Bonchev–Trinajstić information content (AvgIpc) is 2.84. The number of methoxy groups -OCH3 is 1. The fourth-order valence-electron chi connectivity index (χ4n) is 2.20. The summed E-state index contributed by atoms with van der Waals surface area (Å²) in [7, 11) is 1.58. The number of nitrogens with zero attached hydrogens (tertiary/aromatic N) is 3. The van der Waals surface area contributed by atoms with E-state index in [1.54, 1.807) is 35.9 Å². The average molecular weight is 299 g/mol. The Balaban J connectivity index is 2.17. The van der Waals surface area contributed by atoms with E-state index in [9.17, 15) is 4.79 Å². The maximum absolute atomic E-state index is 12.7. The molecule has 5 nitrogen and oxygen atoms in total. The molecule has 21 heavy (non-hydrogen) atoms. The zero-order valence-electron chi connectivity index (χ0n) is 11.6. The molecule has 6 heteroatoms. The molecular formula is C15H13N3O2S. The first-order valence-corrected chi connectivity index (χ1v) is 6.79. The zero-order valence-corrected chi connectivity index (χ0v) is 12.4. The van der Waals surface area contributed by atoms with E-state index in [0.29, 0.717) is 17.0 Å². The van der Waals surface area contributed by atoms with Crippen LogP contribution in [-0.4, -0.2) is 27.2 Å². The highest BCUT2D eigenvalue weighted by molar-refractivity contribution is 7.71. The molecular weight excluding hydrogens is 286 g/mol. The number of carbonyl (C=O) groups excluding carboxylic acids is 1. The van der Waals surface area contributed by atoms with Gasteiger partial charge in [0, 0.05) is 11.3 Å². The van der Waals surface area contributed by atoms with Crippen LogP contribution in [0.1, 0.15) is 16.1 Å². The predicted molar refractivity (Wildman–Crippen MR) is 81.5 cm³/mol. The van der Waals surface area contributed by atoms with E-state index in [1.807, 2.05) is 25.1 Å². The molecule has 3 aromatic rings. The number of aromatic nitrogens is 3. The van der Waals surface area contributed by atoms with Gasteiger partial charge in [0.05, 0.1) is 7.11 Å². The van der Waals surface area contributed by atoms with Crippen molar-refractivity contribution in [1.82, 2.24) is 14.2 Å². The third kappa shape index (κ3) is 2.23. The molecule has 0 aliphatic rings. The molecule has 0 aliphatic heterocycles. The highest BCUT2D eigenvalue weighted by Gasteiger charge is 2.15. The van der Waals surface area contributed by atoms with Gasteiger partial charge < -0.3 is 4.74 Å². The van der Waals surface area contributed by atoms with Crippen LogP contribution in [-0.2, 0) is 0 Å². The van der Waals surface area contributed by atoms with Gasteiger partial charge in [-0.25, -0.2) is 4.52 Å². The van der Waals surface area contributed by atoms with Crippen molar-refractivity contribution in [3.63, 3.8) is 0 Å². The van der Waals surface area contributed by atoms with E-state index in [4.69, 9.17) is 17.0 Å². The topological polar surface area (TPSA) is 48.5 Å². The second-order valence-electron chi connectivity index (χ2n) is 4.58. The first-order chi connectivity index (χ1) is 10.1. The van der Waals surface area contributed by atoms with Gasteiger partial charge in [-0.05, 0) is 55.5 Å². The summed E-state index contributed by atoms with van der Waals surface area (Å²) in [5.74, 6) is 0.480. The molecule has 1 aromatic carbocycles. The number of carbonyl (C=O) groups is 1. The van der Waals surface area contributed by atoms with Gasteiger partial charge in [0.15, 0.2) is 5.65 Å². The minimum absolute atomic E-state index is 0.218. The van der Waals surface area contributed by atoms with Crippen LogP contribution in [0.3, 0.4) is 0 Å². The fourth-order valence-corrected chi connectivity index (χ4v) is 2.46. The number of fused-ring (bicyclic) bond motifs is 1. The van der Waals surface area contributed by atoms with Crippen molar-refractivity contribution in [3.8, 4) is 5.75 Å². The Hall–Kier alpha value is -2.47. The molecule has 3 rings (SSSR count). The quantitative estimate of drug-likeness (QED) is 0.683. The first kappa shape index (κ1) is 13.5. The molecule has 0 spiro atoms. The second kappa shape index (κ2) is 5.14. The Kier molecular flexibility index (Phi) is 3.31. The van der Waals surface area contributed by atoms with Gasteiger partial charge in [-0.2, -0.15) is 9.67 Å². The molecule has 106 valence electrons. The number of pyridine rings is 1. The molecule has 0 bridgehead atoms. The van der Waals surface area contributed by atoms with Crippen molar-refractivity contribution in [1.29, 1.82) is 0 Å². The minimum atomic E-state index is -0.218. The Morgan fingerprint density at radius 1 is 1.19 bits per heavy atom. The summed E-state index contributed by atoms with van der Waals surface area (Å²) in [4.78, 5) is 16.9. The van der Waals surface area contributed by atoms with Crippen LogP contribution in [0.4, 0.5) is 0 Å². The lowest BCUT2D eigenvalue weighted by molar-refractivity contribution is 0.0937. The van der Waals surface area contributed by atoms with Gasteiger partial charge in [-0.15, -0.1) is 0 Å². The van der Waals surface area contributed by atoms with Crippen molar-refractivity contribution >= 4 is 23.8 Å². The smallest absolute Gasteiger partial charge is 0.279 e. The van der Waals surface area contributed by atoms with Crippen LogP contribution < -0.4 is 4.74 Å². The Morgan fingerprint density at radius 3 is 2.57 bits per heavy atom. The predicted octanol–water partition coefficient (Wildman–Crippen LogP) is 2.87. The first-order valence-electron chi connectivity index (χ1n) is 6.38. The van der Waals surface area contributed by atoms with Gasteiger partial charge in [0.1, 0.15) is 5.75 Å². The number of aryl methyl sites for hydroxylation is 1. The largest absolute Gasteiger partial charge is 0.497 e. The van der Waals surface area contributed by atoms with Gasteiger partial charge in [-0.3, -0.25) is 4.79 Å². The molecule has 0 radical (unpaired) electrons. The number of hydrogen-bond donors (Lipinski definition) is 0. The molecule has 0 aliphatic carbocycles. The second-order valence-corrected chi connectivity index (χ2v) is 4.94. The lowest BCUT2D eigenvalue weighted by atomic mass is 10.2. The third-order valence-corrected chi connectivity index (χ3v) is 3.52.